The fraction of sp³-hybridized carbons (Fsp3) is 0.385. The molecule has 8 nitrogen and oxygen atoms in total. The molecule has 36 heavy (non-hydrogen) atoms. The van der Waals surface area contributed by atoms with Crippen LogP contribution in [0.5, 0.6) is 0 Å². The molecule has 1 atom stereocenters. The maximum atomic E-state index is 13.3. The van der Waals surface area contributed by atoms with Crippen molar-refractivity contribution in [3.8, 4) is 0 Å². The van der Waals surface area contributed by atoms with E-state index in [0.717, 1.165) is 37.8 Å². The van der Waals surface area contributed by atoms with Crippen molar-refractivity contribution in [2.24, 2.45) is 11.8 Å². The van der Waals surface area contributed by atoms with Gasteiger partial charge in [-0.25, -0.2) is 8.78 Å². The zero-order chi connectivity index (χ0) is 25.7. The zero-order valence-electron chi connectivity index (χ0n) is 20.1. The molecule has 1 aromatic heterocycles. The first-order valence-corrected chi connectivity index (χ1v) is 12.0. The monoisotopic (exact) mass is 498 g/mol. The number of esters is 1. The number of ether oxygens (including phenoxy) is 1. The molecule has 1 unspecified atom stereocenters. The second-order valence-electron chi connectivity index (χ2n) is 8.89. The number of hydrogen-bond acceptors (Lipinski definition) is 7. The van der Waals surface area contributed by atoms with Gasteiger partial charge < -0.3 is 19.8 Å². The predicted molar refractivity (Wildman–Crippen MR) is 129 cm³/mol. The largest absolute Gasteiger partial charge is 0.466 e. The lowest BCUT2D eigenvalue weighted by molar-refractivity contribution is -0.149. The summed E-state index contributed by atoms with van der Waals surface area (Å²) in [6.07, 6.45) is 3.94. The molecule has 1 heterocycles. The van der Waals surface area contributed by atoms with E-state index in [-0.39, 0.29) is 29.5 Å². The molecule has 10 heteroatoms. The van der Waals surface area contributed by atoms with Crippen molar-refractivity contribution in [3.05, 3.63) is 65.6 Å². The number of nitrogens with zero attached hydrogens (tertiary/aromatic N) is 2. The van der Waals surface area contributed by atoms with E-state index in [9.17, 15) is 18.4 Å². The van der Waals surface area contributed by atoms with Crippen LogP contribution in [0.4, 0.5) is 26.2 Å². The average Bonchev–Trinajstić information content (AvgIpc) is 3.35. The minimum Gasteiger partial charge on any atom is -0.466 e. The lowest BCUT2D eigenvalue weighted by Crippen LogP contribution is -2.26. The van der Waals surface area contributed by atoms with Crippen LogP contribution in [0.2, 0.25) is 0 Å². The highest BCUT2D eigenvalue weighted by Crippen LogP contribution is 2.39. The molecule has 1 aliphatic rings. The van der Waals surface area contributed by atoms with Crippen LogP contribution >= 0.6 is 0 Å². The first-order chi connectivity index (χ1) is 17.3. The van der Waals surface area contributed by atoms with E-state index in [1.807, 2.05) is 38.1 Å². The first-order valence-electron chi connectivity index (χ1n) is 12.0. The number of hydrogen-bond donors (Lipinski definition) is 2. The standard InChI is InChI=1S/C26H28F2N4O4/c1-3-35-25(34)15(2)16-4-6-17(7-5-16)18-8-10-19(11-9-18)29-23(33)24-31-32-26(36-24)30-20-12-13-21(27)22(28)14-20/h8-17H,3-7H2,1-2H3,(H,29,33)(H,30,32)/t15?,16-,17-. The Morgan fingerprint density at radius 1 is 1.03 bits per heavy atom. The van der Waals surface area contributed by atoms with Gasteiger partial charge in [-0.2, -0.15) is 0 Å². The van der Waals surface area contributed by atoms with Gasteiger partial charge in [-0.1, -0.05) is 24.2 Å². The molecule has 3 aromatic rings. The van der Waals surface area contributed by atoms with Crippen LogP contribution in [0.1, 0.15) is 61.7 Å². The van der Waals surface area contributed by atoms with Crippen LogP contribution < -0.4 is 10.6 Å². The topological polar surface area (TPSA) is 106 Å². The Morgan fingerprint density at radius 3 is 2.39 bits per heavy atom. The predicted octanol–water partition coefficient (Wildman–Crippen LogP) is 5.82. The average molecular weight is 499 g/mol. The Kier molecular flexibility index (Phi) is 7.92. The molecule has 0 aliphatic heterocycles. The highest BCUT2D eigenvalue weighted by Gasteiger charge is 2.30. The number of carbonyl (C=O) groups is 2. The summed E-state index contributed by atoms with van der Waals surface area (Å²) in [7, 11) is 0. The molecule has 190 valence electrons. The molecular weight excluding hydrogens is 470 g/mol. The van der Waals surface area contributed by atoms with E-state index in [0.29, 0.717) is 24.1 Å². The smallest absolute Gasteiger partial charge is 0.320 e. The number of nitrogens with one attached hydrogen (secondary N) is 2. The van der Waals surface area contributed by atoms with Gasteiger partial charge in [0.1, 0.15) is 0 Å². The fourth-order valence-electron chi connectivity index (χ4n) is 4.50. The summed E-state index contributed by atoms with van der Waals surface area (Å²) in [6.45, 7) is 4.18. The van der Waals surface area contributed by atoms with Crippen LogP contribution in [-0.4, -0.2) is 28.7 Å². The van der Waals surface area contributed by atoms with E-state index in [1.54, 1.807) is 0 Å². The third-order valence-electron chi connectivity index (χ3n) is 6.57. The number of benzene rings is 2. The van der Waals surface area contributed by atoms with Crippen molar-refractivity contribution in [1.29, 1.82) is 0 Å². The van der Waals surface area contributed by atoms with Gasteiger partial charge in [0.25, 0.3) is 0 Å². The molecule has 0 spiro atoms. The molecule has 1 aliphatic carbocycles. The quantitative estimate of drug-likeness (QED) is 0.377. The van der Waals surface area contributed by atoms with Gasteiger partial charge in [-0.15, -0.1) is 5.10 Å². The van der Waals surface area contributed by atoms with Crippen molar-refractivity contribution in [2.75, 3.05) is 17.2 Å². The van der Waals surface area contributed by atoms with Gasteiger partial charge in [-0.3, -0.25) is 9.59 Å². The zero-order valence-corrected chi connectivity index (χ0v) is 20.1. The molecule has 0 saturated heterocycles. The third-order valence-corrected chi connectivity index (χ3v) is 6.57. The van der Waals surface area contributed by atoms with Gasteiger partial charge in [-0.05, 0) is 74.3 Å². The van der Waals surface area contributed by atoms with E-state index in [1.165, 1.54) is 11.6 Å². The lowest BCUT2D eigenvalue weighted by atomic mass is 9.74. The molecular formula is C26H28F2N4O4. The minimum atomic E-state index is -1.03. The van der Waals surface area contributed by atoms with Crippen LogP contribution in [-0.2, 0) is 9.53 Å². The molecule has 1 amide bonds. The number of anilines is 3. The second kappa shape index (κ2) is 11.3. The summed E-state index contributed by atoms with van der Waals surface area (Å²) in [5.74, 6) is -2.33. The Morgan fingerprint density at radius 2 is 1.72 bits per heavy atom. The summed E-state index contributed by atoms with van der Waals surface area (Å²) < 4.78 is 36.8. The van der Waals surface area contributed by atoms with Crippen LogP contribution in [0.25, 0.3) is 0 Å². The normalized spacial score (nSPS) is 18.3. The summed E-state index contributed by atoms with van der Waals surface area (Å²) in [6, 6.07) is 10.7. The van der Waals surface area contributed by atoms with Crippen molar-refractivity contribution in [1.82, 2.24) is 10.2 Å². The van der Waals surface area contributed by atoms with Crippen molar-refractivity contribution in [2.45, 2.75) is 45.4 Å². The molecule has 0 bridgehead atoms. The molecule has 1 fully saturated rings. The fourth-order valence-corrected chi connectivity index (χ4v) is 4.50. The van der Waals surface area contributed by atoms with E-state index >= 15 is 0 Å². The minimum absolute atomic E-state index is 0.0826. The molecule has 1 saturated carbocycles. The number of halogens is 2. The van der Waals surface area contributed by atoms with E-state index in [2.05, 4.69) is 20.8 Å². The summed E-state index contributed by atoms with van der Waals surface area (Å²) in [5.41, 5.74) is 1.96. The number of aromatic nitrogens is 2. The van der Waals surface area contributed by atoms with Crippen molar-refractivity contribution in [3.63, 3.8) is 0 Å². The molecule has 2 aromatic carbocycles. The van der Waals surface area contributed by atoms with Crippen LogP contribution in [0, 0.1) is 23.5 Å². The molecule has 0 radical (unpaired) electrons. The van der Waals surface area contributed by atoms with Gasteiger partial charge >= 0.3 is 23.8 Å². The highest BCUT2D eigenvalue weighted by molar-refractivity contribution is 6.00. The maximum Gasteiger partial charge on any atom is 0.320 e. The molecule has 2 N–H and O–H groups in total. The van der Waals surface area contributed by atoms with Crippen molar-refractivity contribution >= 4 is 29.3 Å². The Bertz CT molecular complexity index is 1210. The summed E-state index contributed by atoms with van der Waals surface area (Å²) >= 11 is 0. The van der Waals surface area contributed by atoms with Gasteiger partial charge in [0.05, 0.1) is 12.5 Å². The van der Waals surface area contributed by atoms with Crippen LogP contribution in [0.15, 0.2) is 46.9 Å². The Labute approximate surface area is 207 Å². The van der Waals surface area contributed by atoms with E-state index in [4.69, 9.17) is 9.15 Å². The van der Waals surface area contributed by atoms with Crippen molar-refractivity contribution < 1.29 is 27.5 Å². The summed E-state index contributed by atoms with van der Waals surface area (Å²) in [4.78, 5) is 24.5. The van der Waals surface area contributed by atoms with Gasteiger partial charge in [0.2, 0.25) is 0 Å². The Hall–Kier alpha value is -3.82. The third kappa shape index (κ3) is 6.05. The SMILES string of the molecule is CCOC(=O)C(C)[C@H]1CC[C@H](c2ccc(NC(=O)c3nnc(Nc4ccc(F)c(F)c4)o3)cc2)CC1. The first kappa shape index (κ1) is 25.3. The lowest BCUT2D eigenvalue weighted by Gasteiger charge is -2.31. The summed E-state index contributed by atoms with van der Waals surface area (Å²) in [5, 5.41) is 12.7. The van der Waals surface area contributed by atoms with Crippen LogP contribution in [0.3, 0.4) is 0 Å². The highest BCUT2D eigenvalue weighted by atomic mass is 19.2. The van der Waals surface area contributed by atoms with E-state index < -0.39 is 17.5 Å². The number of amides is 1. The second-order valence-corrected chi connectivity index (χ2v) is 8.89. The molecule has 4 rings (SSSR count). The maximum absolute atomic E-state index is 13.3. The van der Waals surface area contributed by atoms with Gasteiger partial charge in [0, 0.05) is 17.4 Å². The Balaban J connectivity index is 1.29. The number of carbonyl (C=O) groups excluding carboxylic acids is 2. The number of rotatable bonds is 8. The van der Waals surface area contributed by atoms with Gasteiger partial charge in [0.15, 0.2) is 11.6 Å².